The maximum Gasteiger partial charge on any atom is 0.267 e. The molecule has 0 saturated carbocycles. The summed E-state index contributed by atoms with van der Waals surface area (Å²) in [7, 11) is 0. The Morgan fingerprint density at radius 3 is 2.68 bits per heavy atom. The molecule has 0 spiro atoms. The summed E-state index contributed by atoms with van der Waals surface area (Å²) in [6, 6.07) is 8.61. The van der Waals surface area contributed by atoms with Gasteiger partial charge in [-0.15, -0.1) is 0 Å². The van der Waals surface area contributed by atoms with Crippen LogP contribution in [0.5, 0.6) is 0 Å². The average molecular weight is 420 g/mol. The third kappa shape index (κ3) is 4.66. The van der Waals surface area contributed by atoms with Gasteiger partial charge in [0.1, 0.15) is 5.69 Å². The van der Waals surface area contributed by atoms with E-state index in [1.165, 1.54) is 12.3 Å². The van der Waals surface area contributed by atoms with Crippen molar-refractivity contribution in [2.75, 3.05) is 6.61 Å². The van der Waals surface area contributed by atoms with Crippen molar-refractivity contribution in [1.29, 1.82) is 0 Å². The van der Waals surface area contributed by atoms with Gasteiger partial charge in [0.25, 0.3) is 5.91 Å². The van der Waals surface area contributed by atoms with E-state index in [2.05, 4.69) is 20.1 Å². The second-order valence-electron chi connectivity index (χ2n) is 5.60. The summed E-state index contributed by atoms with van der Waals surface area (Å²) in [6.07, 6.45) is 3.55. The first-order valence-corrected chi connectivity index (χ1v) is 8.85. The first-order valence-electron chi connectivity index (χ1n) is 8.09. The number of fused-ring (bicyclic) bond motifs is 1. The Balaban J connectivity index is 0.000000192. The number of hydrogen-bond donors (Lipinski definition) is 3. The monoisotopic (exact) mass is 419 g/mol. The van der Waals surface area contributed by atoms with Crippen LogP contribution in [0.15, 0.2) is 47.2 Å². The highest BCUT2D eigenvalue weighted by atomic mass is 35.5. The number of nitrogens with two attached hydrogens (primary N) is 1. The number of nitrogens with zero attached hydrogens (tertiary/aromatic N) is 3. The zero-order valence-electron chi connectivity index (χ0n) is 14.4. The Hall–Kier alpha value is -2.94. The number of aromatic nitrogens is 4. The van der Waals surface area contributed by atoms with Crippen molar-refractivity contribution in [3.63, 3.8) is 0 Å². The number of aliphatic hydroxyl groups is 1. The normalized spacial score (nSPS) is 10.5. The summed E-state index contributed by atoms with van der Waals surface area (Å²) >= 11 is 11.5. The van der Waals surface area contributed by atoms with Crippen LogP contribution >= 0.6 is 23.2 Å². The van der Waals surface area contributed by atoms with E-state index in [0.29, 0.717) is 28.2 Å². The van der Waals surface area contributed by atoms with Crippen molar-refractivity contribution in [3.05, 3.63) is 64.4 Å². The van der Waals surface area contributed by atoms with Gasteiger partial charge in [0.15, 0.2) is 0 Å². The number of amides is 1. The number of H-pyrrole nitrogens is 1. The Morgan fingerprint density at radius 1 is 1.21 bits per heavy atom. The molecule has 0 aliphatic rings. The number of hydrogen-bond acceptors (Lipinski definition) is 6. The molecule has 0 fully saturated rings. The molecule has 0 aliphatic carbocycles. The van der Waals surface area contributed by atoms with Crippen LogP contribution in [0.25, 0.3) is 22.3 Å². The molecule has 10 heteroatoms. The summed E-state index contributed by atoms with van der Waals surface area (Å²) < 4.78 is 5.04. The predicted octanol–water partition coefficient (Wildman–Crippen LogP) is 3.24. The molecule has 0 aliphatic heterocycles. The quantitative estimate of drug-likeness (QED) is 0.465. The van der Waals surface area contributed by atoms with E-state index >= 15 is 0 Å². The smallest absolute Gasteiger partial charge is 0.267 e. The highest BCUT2D eigenvalue weighted by Crippen LogP contribution is 2.28. The van der Waals surface area contributed by atoms with Crippen molar-refractivity contribution in [3.8, 4) is 11.4 Å². The topological polar surface area (TPSA) is 131 Å². The first-order chi connectivity index (χ1) is 13.5. The summed E-state index contributed by atoms with van der Waals surface area (Å²) in [5, 5.41) is 14.8. The number of primary amides is 1. The molecule has 1 amide bonds. The van der Waals surface area contributed by atoms with E-state index in [4.69, 9.17) is 38.6 Å². The minimum Gasteiger partial charge on any atom is -0.396 e. The van der Waals surface area contributed by atoms with Gasteiger partial charge < -0.3 is 20.3 Å². The molecule has 28 heavy (non-hydrogen) atoms. The molecule has 3 heterocycles. The highest BCUT2D eigenvalue weighted by Gasteiger charge is 2.13. The van der Waals surface area contributed by atoms with Crippen molar-refractivity contribution in [2.24, 2.45) is 5.73 Å². The van der Waals surface area contributed by atoms with Crippen LogP contribution in [0.1, 0.15) is 16.4 Å². The van der Waals surface area contributed by atoms with Gasteiger partial charge in [0.2, 0.25) is 11.7 Å². The van der Waals surface area contributed by atoms with Crippen LogP contribution in [0, 0.1) is 0 Å². The van der Waals surface area contributed by atoms with Gasteiger partial charge in [0, 0.05) is 33.9 Å². The molecule has 0 bridgehead atoms. The maximum absolute atomic E-state index is 10.4. The lowest BCUT2D eigenvalue weighted by Crippen LogP contribution is -2.12. The highest BCUT2D eigenvalue weighted by molar-refractivity contribution is 6.31. The SMILES string of the molecule is NC(=O)c1ccc(Cl)cn1.OCCc1nc(-c2c[nH]c3ccc(Cl)cc23)no1. The number of aromatic amines is 1. The molecule has 1 aromatic carbocycles. The van der Waals surface area contributed by atoms with Crippen molar-refractivity contribution in [2.45, 2.75) is 6.42 Å². The summed E-state index contributed by atoms with van der Waals surface area (Å²) in [4.78, 5) is 21.4. The predicted molar refractivity (Wildman–Crippen MR) is 105 cm³/mol. The van der Waals surface area contributed by atoms with Gasteiger partial charge in [-0.25, -0.2) is 4.98 Å². The summed E-state index contributed by atoms with van der Waals surface area (Å²) in [6.45, 7) is -0.0126. The van der Waals surface area contributed by atoms with Crippen LogP contribution in [0.3, 0.4) is 0 Å². The number of benzene rings is 1. The summed E-state index contributed by atoms with van der Waals surface area (Å²) in [5.74, 6) is 0.368. The van der Waals surface area contributed by atoms with Crippen molar-refractivity contribution >= 4 is 40.0 Å². The maximum atomic E-state index is 10.4. The fraction of sp³-hybridized carbons (Fsp3) is 0.111. The van der Waals surface area contributed by atoms with E-state index in [1.807, 2.05) is 24.4 Å². The van der Waals surface area contributed by atoms with Gasteiger partial charge in [-0.05, 0) is 30.3 Å². The Morgan fingerprint density at radius 2 is 2.00 bits per heavy atom. The van der Waals surface area contributed by atoms with E-state index in [1.54, 1.807) is 6.07 Å². The molecule has 0 unspecified atom stereocenters. The van der Waals surface area contributed by atoms with Crippen LogP contribution in [-0.2, 0) is 6.42 Å². The average Bonchev–Trinajstić information content (AvgIpc) is 3.29. The van der Waals surface area contributed by atoms with E-state index in [0.717, 1.165) is 16.5 Å². The van der Waals surface area contributed by atoms with Crippen LogP contribution < -0.4 is 5.73 Å². The lowest BCUT2D eigenvalue weighted by atomic mass is 10.1. The van der Waals surface area contributed by atoms with Crippen LogP contribution in [-0.4, -0.2) is 37.7 Å². The molecule has 0 radical (unpaired) electrons. The molecular formula is C18H15Cl2N5O3. The van der Waals surface area contributed by atoms with Crippen molar-refractivity contribution < 1.29 is 14.4 Å². The molecule has 4 N–H and O–H groups in total. The number of pyridine rings is 1. The zero-order chi connectivity index (χ0) is 20.1. The van der Waals surface area contributed by atoms with Gasteiger partial charge >= 0.3 is 0 Å². The van der Waals surface area contributed by atoms with E-state index < -0.39 is 5.91 Å². The molecule has 0 atom stereocenters. The molecule has 0 saturated heterocycles. The second-order valence-corrected chi connectivity index (χ2v) is 6.48. The van der Waals surface area contributed by atoms with Gasteiger partial charge in [-0.1, -0.05) is 28.4 Å². The molecule has 8 nitrogen and oxygen atoms in total. The van der Waals surface area contributed by atoms with Crippen LogP contribution in [0.4, 0.5) is 0 Å². The molecule has 144 valence electrons. The fourth-order valence-corrected chi connectivity index (χ4v) is 2.64. The molecular weight excluding hydrogens is 405 g/mol. The van der Waals surface area contributed by atoms with Crippen molar-refractivity contribution in [1.82, 2.24) is 20.1 Å². The molecule has 4 aromatic rings. The van der Waals surface area contributed by atoms with Gasteiger partial charge in [-0.3, -0.25) is 4.79 Å². The number of halogens is 2. The molecule has 3 aromatic heterocycles. The minimum absolute atomic E-state index is 0.0126. The number of rotatable bonds is 4. The number of aliphatic hydroxyl groups excluding tert-OH is 1. The number of nitrogens with one attached hydrogen (secondary N) is 1. The molecule has 4 rings (SSSR count). The third-order valence-electron chi connectivity index (χ3n) is 3.66. The Bertz CT molecular complexity index is 1090. The van der Waals surface area contributed by atoms with E-state index in [9.17, 15) is 4.79 Å². The second kappa shape index (κ2) is 8.83. The lowest BCUT2D eigenvalue weighted by molar-refractivity contribution is 0.0995. The van der Waals surface area contributed by atoms with Gasteiger partial charge in [-0.2, -0.15) is 4.98 Å². The largest absolute Gasteiger partial charge is 0.396 e. The zero-order valence-corrected chi connectivity index (χ0v) is 15.9. The first kappa shape index (κ1) is 19.8. The van der Waals surface area contributed by atoms with Gasteiger partial charge in [0.05, 0.1) is 18.1 Å². The number of carbonyl (C=O) groups excluding carboxylic acids is 1. The van der Waals surface area contributed by atoms with Crippen LogP contribution in [0.2, 0.25) is 10.0 Å². The lowest BCUT2D eigenvalue weighted by Gasteiger charge is -1.93. The Kier molecular flexibility index (Phi) is 6.25. The third-order valence-corrected chi connectivity index (χ3v) is 4.12. The fourth-order valence-electron chi connectivity index (χ4n) is 2.36. The Labute approximate surface area is 169 Å². The van der Waals surface area contributed by atoms with E-state index in [-0.39, 0.29) is 12.3 Å². The standard InChI is InChI=1S/C12H10ClN3O2.C6H5ClN2O/c13-7-1-2-10-8(5-7)9(6-14-10)12-15-11(3-4-17)18-16-12;7-4-1-2-5(6(8)10)9-3-4/h1-2,5-6,14,17H,3-4H2;1-3H,(H2,8,10). The summed E-state index contributed by atoms with van der Waals surface area (Å²) in [5.41, 5.74) is 6.94. The number of carbonyl (C=O) groups is 1. The minimum atomic E-state index is -0.545.